The van der Waals surface area contributed by atoms with E-state index in [1.807, 2.05) is 72.8 Å². The third-order valence-electron chi connectivity index (χ3n) is 7.12. The molecule has 1 aliphatic rings. The number of carbonyl (C=O) groups is 2. The average molecular weight is 533 g/mol. The molecule has 1 saturated carbocycles. The van der Waals surface area contributed by atoms with Gasteiger partial charge in [-0.3, -0.25) is 9.59 Å². The first-order chi connectivity index (χ1) is 18.4. The van der Waals surface area contributed by atoms with Crippen LogP contribution < -0.4 is 10.1 Å². The Kier molecular flexibility index (Phi) is 9.83. The Morgan fingerprint density at radius 1 is 0.947 bits per heavy atom. The summed E-state index contributed by atoms with van der Waals surface area (Å²) in [6.45, 7) is 4.36. The first-order valence-electron chi connectivity index (χ1n) is 13.5. The quantitative estimate of drug-likeness (QED) is 0.305. The van der Waals surface area contributed by atoms with Crippen molar-refractivity contribution in [2.24, 2.45) is 0 Å². The van der Waals surface area contributed by atoms with E-state index in [0.717, 1.165) is 36.8 Å². The molecule has 0 radical (unpaired) electrons. The van der Waals surface area contributed by atoms with Crippen molar-refractivity contribution in [2.75, 3.05) is 6.61 Å². The van der Waals surface area contributed by atoms with E-state index in [-0.39, 0.29) is 31.0 Å². The molecule has 0 spiro atoms. The lowest BCUT2D eigenvalue weighted by Crippen LogP contribution is -2.53. The van der Waals surface area contributed by atoms with Gasteiger partial charge in [-0.2, -0.15) is 0 Å². The highest BCUT2D eigenvalue weighted by Gasteiger charge is 2.32. The van der Waals surface area contributed by atoms with Crippen LogP contribution in [0.4, 0.5) is 0 Å². The Morgan fingerprint density at radius 2 is 1.63 bits per heavy atom. The molecule has 1 fully saturated rings. The molecule has 1 atom stereocenters. The van der Waals surface area contributed by atoms with Gasteiger partial charge < -0.3 is 15.0 Å². The molecule has 0 saturated heterocycles. The van der Waals surface area contributed by atoms with Gasteiger partial charge >= 0.3 is 0 Å². The number of benzene rings is 3. The van der Waals surface area contributed by atoms with E-state index in [2.05, 4.69) is 19.2 Å². The maximum absolute atomic E-state index is 13.7. The lowest BCUT2D eigenvalue weighted by molar-refractivity contribution is -0.143. The lowest BCUT2D eigenvalue weighted by atomic mass is 10.0. The monoisotopic (exact) mass is 532 g/mol. The van der Waals surface area contributed by atoms with Crippen molar-refractivity contribution >= 4 is 23.4 Å². The Balaban J connectivity index is 1.59. The second-order valence-electron chi connectivity index (χ2n) is 10.4. The molecule has 0 aliphatic heterocycles. The molecule has 38 heavy (non-hydrogen) atoms. The number of nitrogens with zero attached hydrogens (tertiary/aromatic N) is 1. The van der Waals surface area contributed by atoms with Crippen molar-refractivity contribution in [1.29, 1.82) is 0 Å². The highest BCUT2D eigenvalue weighted by molar-refractivity contribution is 6.30. The number of hydrogen-bond acceptors (Lipinski definition) is 3. The predicted octanol–water partition coefficient (Wildman–Crippen LogP) is 6.54. The maximum Gasteiger partial charge on any atom is 0.261 e. The van der Waals surface area contributed by atoms with Crippen LogP contribution in [0, 0.1) is 0 Å². The highest BCUT2D eigenvalue weighted by Crippen LogP contribution is 2.22. The fourth-order valence-corrected chi connectivity index (χ4v) is 5.14. The van der Waals surface area contributed by atoms with E-state index in [9.17, 15) is 9.59 Å². The molecule has 6 heteroatoms. The molecule has 5 nitrogen and oxygen atoms in total. The predicted molar refractivity (Wildman–Crippen MR) is 152 cm³/mol. The summed E-state index contributed by atoms with van der Waals surface area (Å²) in [5.41, 5.74) is 3.06. The van der Waals surface area contributed by atoms with Crippen LogP contribution in [0.1, 0.15) is 62.1 Å². The van der Waals surface area contributed by atoms with Gasteiger partial charge in [0, 0.05) is 24.0 Å². The van der Waals surface area contributed by atoms with Crippen LogP contribution in [0.25, 0.3) is 0 Å². The van der Waals surface area contributed by atoms with E-state index in [1.165, 1.54) is 5.56 Å². The van der Waals surface area contributed by atoms with Crippen molar-refractivity contribution in [3.05, 3.63) is 101 Å². The molecular weight excluding hydrogens is 496 g/mol. The zero-order valence-electron chi connectivity index (χ0n) is 22.2. The summed E-state index contributed by atoms with van der Waals surface area (Å²) in [5.74, 6) is 0.661. The molecule has 2 amide bonds. The Hall–Kier alpha value is -3.31. The van der Waals surface area contributed by atoms with Crippen molar-refractivity contribution in [1.82, 2.24) is 10.2 Å². The first kappa shape index (κ1) is 27.7. The van der Waals surface area contributed by atoms with Crippen LogP contribution in [-0.4, -0.2) is 35.4 Å². The molecule has 3 aromatic carbocycles. The average Bonchev–Trinajstić information content (AvgIpc) is 3.43. The van der Waals surface area contributed by atoms with Crippen LogP contribution in [0.2, 0.25) is 5.02 Å². The first-order valence-corrected chi connectivity index (χ1v) is 13.9. The summed E-state index contributed by atoms with van der Waals surface area (Å²) < 4.78 is 5.91. The van der Waals surface area contributed by atoms with Crippen LogP contribution >= 0.6 is 11.6 Å². The number of halogens is 1. The number of amides is 2. The normalized spacial score (nSPS) is 14.3. The van der Waals surface area contributed by atoms with Gasteiger partial charge in [0.05, 0.1) is 0 Å². The fraction of sp³-hybridized carbons (Fsp3) is 0.375. The number of carbonyl (C=O) groups excluding carboxylic acids is 2. The third-order valence-corrected chi connectivity index (χ3v) is 7.36. The second kappa shape index (κ2) is 13.5. The zero-order valence-corrected chi connectivity index (χ0v) is 23.0. The molecule has 0 aromatic heterocycles. The summed E-state index contributed by atoms with van der Waals surface area (Å²) in [6, 6.07) is 24.5. The molecular formula is C32H37ClN2O3. The summed E-state index contributed by atoms with van der Waals surface area (Å²) in [5, 5.41) is 3.81. The summed E-state index contributed by atoms with van der Waals surface area (Å²) in [6.07, 6.45) is 4.59. The summed E-state index contributed by atoms with van der Waals surface area (Å²) in [4.78, 5) is 29.1. The molecule has 4 rings (SSSR count). The minimum Gasteiger partial charge on any atom is -0.484 e. The zero-order chi connectivity index (χ0) is 26.9. The van der Waals surface area contributed by atoms with Crippen LogP contribution in [0.3, 0.4) is 0 Å². The van der Waals surface area contributed by atoms with Gasteiger partial charge in [-0.15, -0.1) is 0 Å². The van der Waals surface area contributed by atoms with Crippen molar-refractivity contribution in [3.8, 4) is 5.75 Å². The molecule has 0 heterocycles. The molecule has 1 aliphatic carbocycles. The van der Waals surface area contributed by atoms with Gasteiger partial charge in [-0.1, -0.05) is 92.9 Å². The van der Waals surface area contributed by atoms with E-state index >= 15 is 0 Å². The smallest absolute Gasteiger partial charge is 0.261 e. The lowest BCUT2D eigenvalue weighted by Gasteiger charge is -2.32. The number of hydrogen-bond donors (Lipinski definition) is 1. The molecule has 3 aromatic rings. The number of nitrogens with one attached hydrogen (secondary N) is 1. The fourth-order valence-electron chi connectivity index (χ4n) is 4.93. The summed E-state index contributed by atoms with van der Waals surface area (Å²) >= 11 is 6.26. The standard InChI is InChI=1S/C32H37ClN2O3/c1-23(2)26-15-17-29(18-16-26)38-22-31(36)35(21-25-11-8-12-27(33)19-25)30(20-24-9-4-3-5-10-24)32(37)34-28-13-6-7-14-28/h3-5,8-12,15-19,23,28,30H,6-7,13-14,20-22H2,1-2H3,(H,34,37)/t30-/m1/s1. The van der Waals surface area contributed by atoms with Crippen molar-refractivity contribution in [2.45, 2.75) is 70.5 Å². The molecule has 0 unspecified atom stereocenters. The van der Waals surface area contributed by atoms with E-state index in [1.54, 1.807) is 11.0 Å². The number of ether oxygens (including phenoxy) is 1. The highest BCUT2D eigenvalue weighted by atomic mass is 35.5. The van der Waals surface area contributed by atoms with Crippen LogP contribution in [0.15, 0.2) is 78.9 Å². The maximum atomic E-state index is 13.7. The summed E-state index contributed by atoms with van der Waals surface area (Å²) in [7, 11) is 0. The molecule has 1 N–H and O–H groups in total. The van der Waals surface area contributed by atoms with E-state index < -0.39 is 6.04 Å². The van der Waals surface area contributed by atoms with Gasteiger partial charge in [-0.05, 0) is 59.7 Å². The minimum atomic E-state index is -0.684. The van der Waals surface area contributed by atoms with Gasteiger partial charge in [0.25, 0.3) is 5.91 Å². The van der Waals surface area contributed by atoms with Crippen LogP contribution in [-0.2, 0) is 22.6 Å². The Morgan fingerprint density at radius 3 is 2.29 bits per heavy atom. The molecule has 200 valence electrons. The topological polar surface area (TPSA) is 58.6 Å². The second-order valence-corrected chi connectivity index (χ2v) is 10.8. The van der Waals surface area contributed by atoms with Gasteiger partial charge in [0.2, 0.25) is 5.91 Å². The third kappa shape index (κ3) is 7.84. The van der Waals surface area contributed by atoms with Crippen molar-refractivity contribution < 1.29 is 14.3 Å². The minimum absolute atomic E-state index is 0.127. The molecule has 0 bridgehead atoms. The Bertz CT molecular complexity index is 1190. The SMILES string of the molecule is CC(C)c1ccc(OCC(=O)N(Cc2cccc(Cl)c2)[C@H](Cc2ccccc2)C(=O)NC2CCCC2)cc1. The van der Waals surface area contributed by atoms with Crippen molar-refractivity contribution in [3.63, 3.8) is 0 Å². The largest absolute Gasteiger partial charge is 0.484 e. The number of rotatable bonds is 11. The van der Waals surface area contributed by atoms with E-state index in [4.69, 9.17) is 16.3 Å². The Labute approximate surface area is 231 Å². The van der Waals surface area contributed by atoms with Gasteiger partial charge in [-0.25, -0.2) is 0 Å². The van der Waals surface area contributed by atoms with Gasteiger partial charge in [0.1, 0.15) is 11.8 Å². The van der Waals surface area contributed by atoms with Gasteiger partial charge in [0.15, 0.2) is 6.61 Å². The van der Waals surface area contributed by atoms with Crippen LogP contribution in [0.5, 0.6) is 5.75 Å². The van der Waals surface area contributed by atoms with E-state index in [0.29, 0.717) is 23.1 Å².